The number of amides is 1. The highest BCUT2D eigenvalue weighted by atomic mass is 35.5. The van der Waals surface area contributed by atoms with Gasteiger partial charge in [0.1, 0.15) is 11.5 Å². The third-order valence-corrected chi connectivity index (χ3v) is 6.46. The SMILES string of the molecule is Cc1cnc(Nc2ccc(F)cc2Cl)nc1-c1cc2n(c1)CCCN(Cc1cccc(Cl)c1)C2=O. The van der Waals surface area contributed by atoms with Crippen LogP contribution in [0.3, 0.4) is 0 Å². The molecule has 2 aromatic carbocycles. The van der Waals surface area contributed by atoms with E-state index in [9.17, 15) is 9.18 Å². The summed E-state index contributed by atoms with van der Waals surface area (Å²) in [4.78, 5) is 24.3. The van der Waals surface area contributed by atoms with Crippen molar-refractivity contribution >= 4 is 40.7 Å². The van der Waals surface area contributed by atoms with Gasteiger partial charge in [-0.05, 0) is 60.9 Å². The van der Waals surface area contributed by atoms with Crippen LogP contribution in [-0.4, -0.2) is 31.9 Å². The molecule has 0 unspecified atom stereocenters. The van der Waals surface area contributed by atoms with Crippen LogP contribution >= 0.6 is 23.2 Å². The lowest BCUT2D eigenvalue weighted by atomic mass is 10.1. The predicted molar refractivity (Wildman–Crippen MR) is 136 cm³/mol. The maximum absolute atomic E-state index is 13.4. The van der Waals surface area contributed by atoms with Crippen LogP contribution < -0.4 is 5.32 Å². The molecule has 0 aliphatic carbocycles. The molecule has 35 heavy (non-hydrogen) atoms. The molecule has 0 bridgehead atoms. The third kappa shape index (κ3) is 5.01. The first-order valence-electron chi connectivity index (χ1n) is 11.2. The van der Waals surface area contributed by atoms with Crippen molar-refractivity contribution in [2.45, 2.75) is 26.4 Å². The van der Waals surface area contributed by atoms with Crippen molar-refractivity contribution in [1.82, 2.24) is 19.4 Å². The lowest BCUT2D eigenvalue weighted by Crippen LogP contribution is -2.30. The number of rotatable bonds is 5. The van der Waals surface area contributed by atoms with Gasteiger partial charge in [-0.3, -0.25) is 4.79 Å². The summed E-state index contributed by atoms with van der Waals surface area (Å²) in [5.41, 5.74) is 4.51. The molecule has 1 amide bonds. The summed E-state index contributed by atoms with van der Waals surface area (Å²) in [5, 5.41) is 3.93. The minimum atomic E-state index is -0.421. The maximum Gasteiger partial charge on any atom is 0.270 e. The Bertz CT molecular complexity index is 1420. The van der Waals surface area contributed by atoms with E-state index in [0.29, 0.717) is 41.1 Å². The fourth-order valence-corrected chi connectivity index (χ4v) is 4.64. The molecule has 4 aromatic rings. The van der Waals surface area contributed by atoms with E-state index >= 15 is 0 Å². The molecule has 9 heteroatoms. The van der Waals surface area contributed by atoms with Gasteiger partial charge in [0.05, 0.1) is 16.4 Å². The second-order valence-corrected chi connectivity index (χ2v) is 9.34. The summed E-state index contributed by atoms with van der Waals surface area (Å²) in [7, 11) is 0. The van der Waals surface area contributed by atoms with Crippen LogP contribution in [0.5, 0.6) is 0 Å². The Labute approximate surface area is 212 Å². The summed E-state index contributed by atoms with van der Waals surface area (Å²) in [6, 6.07) is 13.5. The second kappa shape index (κ2) is 9.68. The number of nitrogens with one attached hydrogen (secondary N) is 1. The van der Waals surface area contributed by atoms with Crippen molar-refractivity contribution in [2.75, 3.05) is 11.9 Å². The van der Waals surface area contributed by atoms with Gasteiger partial charge in [0.15, 0.2) is 0 Å². The highest BCUT2D eigenvalue weighted by Gasteiger charge is 2.25. The number of halogens is 3. The van der Waals surface area contributed by atoms with Crippen LogP contribution in [0.2, 0.25) is 10.0 Å². The zero-order valence-electron chi connectivity index (χ0n) is 18.9. The average Bonchev–Trinajstić information content (AvgIpc) is 3.19. The predicted octanol–water partition coefficient (Wildman–Crippen LogP) is 6.49. The standard InChI is InChI=1S/C26H22Cl2FN5O/c1-16-13-30-26(31-22-7-6-20(29)12-21(22)28)32-24(16)18-11-23-25(35)34(9-3-8-33(23)15-18)14-17-4-2-5-19(27)10-17/h2,4-7,10-13,15H,3,8-9,14H2,1H3,(H,30,31,32). The quantitative estimate of drug-likeness (QED) is 0.334. The van der Waals surface area contributed by atoms with Crippen molar-refractivity contribution < 1.29 is 9.18 Å². The van der Waals surface area contributed by atoms with Gasteiger partial charge in [0, 0.05) is 42.6 Å². The molecule has 5 rings (SSSR count). The Morgan fingerprint density at radius 1 is 1.11 bits per heavy atom. The number of aromatic nitrogens is 3. The summed E-state index contributed by atoms with van der Waals surface area (Å²) < 4.78 is 15.4. The Morgan fingerprint density at radius 3 is 2.77 bits per heavy atom. The molecular weight excluding hydrogens is 488 g/mol. The van der Waals surface area contributed by atoms with Gasteiger partial charge in [0.2, 0.25) is 5.95 Å². The van der Waals surface area contributed by atoms with Gasteiger partial charge in [-0.15, -0.1) is 0 Å². The molecule has 1 aliphatic heterocycles. The number of fused-ring (bicyclic) bond motifs is 1. The van der Waals surface area contributed by atoms with Crippen molar-refractivity contribution in [1.29, 1.82) is 0 Å². The van der Waals surface area contributed by atoms with Crippen LogP contribution in [0.1, 0.15) is 28.0 Å². The van der Waals surface area contributed by atoms with Crippen LogP contribution in [-0.2, 0) is 13.1 Å². The van der Waals surface area contributed by atoms with E-state index in [1.54, 1.807) is 6.20 Å². The van der Waals surface area contributed by atoms with Gasteiger partial charge in [-0.2, -0.15) is 0 Å². The monoisotopic (exact) mass is 509 g/mol. The van der Waals surface area contributed by atoms with Crippen LogP contribution in [0.15, 0.2) is 60.9 Å². The van der Waals surface area contributed by atoms with Crippen LogP contribution in [0.25, 0.3) is 11.3 Å². The number of hydrogen-bond donors (Lipinski definition) is 1. The third-order valence-electron chi connectivity index (χ3n) is 5.92. The molecule has 0 saturated heterocycles. The average molecular weight is 510 g/mol. The summed E-state index contributed by atoms with van der Waals surface area (Å²) in [6.07, 6.45) is 4.50. The number of carbonyl (C=O) groups excluding carboxylic acids is 1. The fourth-order valence-electron chi connectivity index (χ4n) is 4.21. The molecule has 0 spiro atoms. The first kappa shape index (κ1) is 23.3. The van der Waals surface area contributed by atoms with Crippen molar-refractivity contribution in [3.8, 4) is 11.3 Å². The molecule has 3 heterocycles. The van der Waals surface area contributed by atoms with Gasteiger partial charge in [-0.1, -0.05) is 35.3 Å². The van der Waals surface area contributed by atoms with E-state index in [1.807, 2.05) is 52.9 Å². The molecule has 0 radical (unpaired) electrons. The van der Waals surface area contributed by atoms with E-state index < -0.39 is 5.82 Å². The van der Waals surface area contributed by atoms with Gasteiger partial charge >= 0.3 is 0 Å². The highest BCUT2D eigenvalue weighted by molar-refractivity contribution is 6.33. The normalized spacial score (nSPS) is 13.5. The van der Waals surface area contributed by atoms with Crippen molar-refractivity contribution in [3.63, 3.8) is 0 Å². The summed E-state index contributed by atoms with van der Waals surface area (Å²) in [5.74, 6) is -0.123. The minimum Gasteiger partial charge on any atom is -0.343 e. The number of anilines is 2. The second-order valence-electron chi connectivity index (χ2n) is 8.49. The molecule has 1 N–H and O–H groups in total. The van der Waals surface area contributed by atoms with Gasteiger partial charge < -0.3 is 14.8 Å². The number of nitrogens with zero attached hydrogens (tertiary/aromatic N) is 4. The van der Waals surface area contributed by atoms with Crippen LogP contribution in [0, 0.1) is 12.7 Å². The number of hydrogen-bond acceptors (Lipinski definition) is 4. The molecule has 0 saturated carbocycles. The number of benzene rings is 2. The van der Waals surface area contributed by atoms with Crippen molar-refractivity contribution in [3.05, 3.63) is 93.6 Å². The van der Waals surface area contributed by atoms with E-state index in [4.69, 9.17) is 23.2 Å². The molecule has 6 nitrogen and oxygen atoms in total. The Hall–Kier alpha value is -3.42. The minimum absolute atomic E-state index is 0.0307. The zero-order chi connectivity index (χ0) is 24.5. The summed E-state index contributed by atoms with van der Waals surface area (Å²) in [6.45, 7) is 3.81. The lowest BCUT2D eigenvalue weighted by molar-refractivity contribution is 0.0746. The zero-order valence-corrected chi connectivity index (χ0v) is 20.4. The first-order chi connectivity index (χ1) is 16.9. The largest absolute Gasteiger partial charge is 0.343 e. The smallest absolute Gasteiger partial charge is 0.270 e. The number of carbonyl (C=O) groups is 1. The highest BCUT2D eigenvalue weighted by Crippen LogP contribution is 2.29. The Morgan fingerprint density at radius 2 is 1.97 bits per heavy atom. The van der Waals surface area contributed by atoms with E-state index in [1.165, 1.54) is 18.2 Å². The molecule has 2 aromatic heterocycles. The molecule has 178 valence electrons. The van der Waals surface area contributed by atoms with Gasteiger partial charge in [-0.25, -0.2) is 14.4 Å². The van der Waals surface area contributed by atoms with E-state index in [2.05, 4.69) is 15.3 Å². The maximum atomic E-state index is 13.4. The molecule has 0 fully saturated rings. The Balaban J connectivity index is 1.43. The lowest BCUT2D eigenvalue weighted by Gasteiger charge is -2.20. The Kier molecular flexibility index (Phi) is 6.45. The first-order valence-corrected chi connectivity index (χ1v) is 11.9. The van der Waals surface area contributed by atoms with Crippen LogP contribution in [0.4, 0.5) is 16.0 Å². The number of aryl methyl sites for hydroxylation is 2. The molecular formula is C26H22Cl2FN5O. The molecule has 0 atom stereocenters. The van der Waals surface area contributed by atoms with Crippen molar-refractivity contribution in [2.24, 2.45) is 0 Å². The van der Waals surface area contributed by atoms with E-state index in [-0.39, 0.29) is 10.9 Å². The topological polar surface area (TPSA) is 63.1 Å². The fraction of sp³-hybridized carbons (Fsp3) is 0.192. The van der Waals surface area contributed by atoms with E-state index in [0.717, 1.165) is 29.7 Å². The summed E-state index contributed by atoms with van der Waals surface area (Å²) >= 11 is 12.3. The molecule has 1 aliphatic rings. The van der Waals surface area contributed by atoms with Gasteiger partial charge in [0.25, 0.3) is 5.91 Å².